The molecule has 0 radical (unpaired) electrons. The predicted octanol–water partition coefficient (Wildman–Crippen LogP) is 1.49. The molecule has 4 heteroatoms. The van der Waals surface area contributed by atoms with Crippen molar-refractivity contribution in [2.75, 3.05) is 13.6 Å². The van der Waals surface area contributed by atoms with Gasteiger partial charge < -0.3 is 9.88 Å². The highest BCUT2D eigenvalue weighted by atomic mass is 16.2. The van der Waals surface area contributed by atoms with Gasteiger partial charge >= 0.3 is 0 Å². The monoisotopic (exact) mass is 222 g/mol. The summed E-state index contributed by atoms with van der Waals surface area (Å²) in [7, 11) is 1.74. The van der Waals surface area contributed by atoms with Gasteiger partial charge in [-0.15, -0.1) is 0 Å². The Balaban J connectivity index is 2.83. The van der Waals surface area contributed by atoms with Gasteiger partial charge in [-0.2, -0.15) is 0 Å². The van der Waals surface area contributed by atoms with Gasteiger partial charge in [0.1, 0.15) is 0 Å². The summed E-state index contributed by atoms with van der Waals surface area (Å²) in [5.41, 5.74) is 0.219. The Morgan fingerprint density at radius 3 is 2.56 bits per heavy atom. The summed E-state index contributed by atoms with van der Waals surface area (Å²) in [4.78, 5) is 27.1. The van der Waals surface area contributed by atoms with Crippen molar-refractivity contribution in [1.29, 1.82) is 0 Å². The van der Waals surface area contributed by atoms with Gasteiger partial charge in [0.05, 0.1) is 0 Å². The van der Waals surface area contributed by atoms with Gasteiger partial charge in [-0.3, -0.25) is 9.59 Å². The predicted molar refractivity (Wildman–Crippen MR) is 63.5 cm³/mol. The fraction of sp³-hybridized carbons (Fsp3) is 0.500. The third kappa shape index (κ3) is 3.53. The van der Waals surface area contributed by atoms with E-state index in [4.69, 9.17) is 0 Å². The maximum Gasteiger partial charge on any atom is 0.253 e. The van der Waals surface area contributed by atoms with Gasteiger partial charge in [0.25, 0.3) is 5.91 Å². The van der Waals surface area contributed by atoms with Gasteiger partial charge in [-0.05, 0) is 11.5 Å². The Labute approximate surface area is 95.3 Å². The van der Waals surface area contributed by atoms with Crippen molar-refractivity contribution < 1.29 is 4.79 Å². The number of aromatic amines is 1. The Morgan fingerprint density at radius 1 is 1.44 bits per heavy atom. The van der Waals surface area contributed by atoms with Crippen LogP contribution < -0.4 is 5.56 Å². The maximum absolute atomic E-state index is 11.9. The molecule has 0 saturated carbocycles. The molecule has 0 aromatic carbocycles. The quantitative estimate of drug-likeness (QED) is 0.824. The highest BCUT2D eigenvalue weighted by Gasteiger charge is 2.18. The number of nitrogens with one attached hydrogen (secondary N) is 1. The van der Waals surface area contributed by atoms with E-state index < -0.39 is 0 Å². The topological polar surface area (TPSA) is 53.2 Å². The molecule has 0 aliphatic heterocycles. The van der Waals surface area contributed by atoms with Crippen LogP contribution in [-0.2, 0) is 0 Å². The minimum atomic E-state index is -0.255. The second-order valence-electron chi connectivity index (χ2n) is 5.16. The molecule has 0 bridgehead atoms. The fourth-order valence-electron chi connectivity index (χ4n) is 1.58. The standard InChI is InChI=1S/C12H18N2O2/c1-12(2,3)8-14(4)11(16)9-5-6-13-10(15)7-9/h5-7H,8H2,1-4H3,(H,13,15). The third-order valence-corrected chi connectivity index (χ3v) is 2.08. The van der Waals surface area contributed by atoms with Crippen LogP contribution in [-0.4, -0.2) is 29.4 Å². The van der Waals surface area contributed by atoms with Crippen LogP contribution >= 0.6 is 0 Å². The van der Waals surface area contributed by atoms with E-state index in [2.05, 4.69) is 25.8 Å². The van der Waals surface area contributed by atoms with Crippen molar-refractivity contribution in [3.05, 3.63) is 34.2 Å². The lowest BCUT2D eigenvalue weighted by atomic mass is 9.96. The SMILES string of the molecule is CN(CC(C)(C)C)C(=O)c1cc[nH]c(=O)c1. The van der Waals surface area contributed by atoms with E-state index >= 15 is 0 Å². The summed E-state index contributed by atoms with van der Waals surface area (Å²) in [6.45, 7) is 6.84. The minimum absolute atomic E-state index is 0.0472. The molecule has 1 heterocycles. The molecule has 4 nitrogen and oxygen atoms in total. The number of hydrogen-bond donors (Lipinski definition) is 1. The lowest BCUT2D eigenvalue weighted by molar-refractivity contribution is 0.0745. The van der Waals surface area contributed by atoms with Crippen molar-refractivity contribution in [3.63, 3.8) is 0 Å². The number of hydrogen-bond acceptors (Lipinski definition) is 2. The van der Waals surface area contributed by atoms with E-state index in [1.54, 1.807) is 18.0 Å². The van der Waals surface area contributed by atoms with Crippen LogP contribution in [0.3, 0.4) is 0 Å². The Morgan fingerprint density at radius 2 is 2.06 bits per heavy atom. The van der Waals surface area contributed by atoms with Crippen LogP contribution in [0.2, 0.25) is 0 Å². The van der Waals surface area contributed by atoms with E-state index in [9.17, 15) is 9.59 Å². The summed E-state index contributed by atoms with van der Waals surface area (Å²) in [6.07, 6.45) is 1.49. The number of rotatable bonds is 2. The first-order valence-corrected chi connectivity index (χ1v) is 5.24. The highest BCUT2D eigenvalue weighted by Crippen LogP contribution is 2.15. The van der Waals surface area contributed by atoms with E-state index in [0.717, 1.165) is 0 Å². The van der Waals surface area contributed by atoms with Gasteiger partial charge in [-0.1, -0.05) is 20.8 Å². The van der Waals surface area contributed by atoms with Crippen molar-refractivity contribution in [2.24, 2.45) is 5.41 Å². The van der Waals surface area contributed by atoms with Gasteiger partial charge in [0, 0.05) is 31.4 Å². The van der Waals surface area contributed by atoms with Crippen molar-refractivity contribution in [1.82, 2.24) is 9.88 Å². The number of carbonyl (C=O) groups excluding carboxylic acids is 1. The molecule has 1 rings (SSSR count). The zero-order valence-electron chi connectivity index (χ0n) is 10.2. The zero-order valence-corrected chi connectivity index (χ0v) is 10.2. The van der Waals surface area contributed by atoms with Crippen LogP contribution in [0, 0.1) is 5.41 Å². The first kappa shape index (κ1) is 12.5. The molecule has 1 N–H and O–H groups in total. The molecule has 0 aliphatic rings. The molecular weight excluding hydrogens is 204 g/mol. The van der Waals surface area contributed by atoms with E-state index in [1.807, 2.05) is 0 Å². The molecule has 0 fully saturated rings. The summed E-state index contributed by atoms with van der Waals surface area (Å²) in [6, 6.07) is 2.93. The molecule has 1 aromatic rings. The van der Waals surface area contributed by atoms with Crippen molar-refractivity contribution in [2.45, 2.75) is 20.8 Å². The summed E-state index contributed by atoms with van der Waals surface area (Å²) in [5, 5.41) is 0. The van der Waals surface area contributed by atoms with Crippen molar-refractivity contribution in [3.8, 4) is 0 Å². The smallest absolute Gasteiger partial charge is 0.253 e. The summed E-state index contributed by atoms with van der Waals surface area (Å²) in [5.74, 6) is -0.124. The Kier molecular flexibility index (Phi) is 3.52. The first-order chi connectivity index (χ1) is 7.29. The summed E-state index contributed by atoms with van der Waals surface area (Å²) < 4.78 is 0. The van der Waals surface area contributed by atoms with E-state index in [1.165, 1.54) is 12.3 Å². The normalized spacial score (nSPS) is 11.2. The number of amides is 1. The maximum atomic E-state index is 11.9. The molecule has 0 atom stereocenters. The number of aromatic nitrogens is 1. The molecule has 0 spiro atoms. The number of nitrogens with zero attached hydrogens (tertiary/aromatic N) is 1. The van der Waals surface area contributed by atoms with E-state index in [-0.39, 0.29) is 16.9 Å². The van der Waals surface area contributed by atoms with Crippen LogP contribution in [0.5, 0.6) is 0 Å². The lowest BCUT2D eigenvalue weighted by Gasteiger charge is -2.26. The first-order valence-electron chi connectivity index (χ1n) is 5.24. The average molecular weight is 222 g/mol. The zero-order chi connectivity index (χ0) is 12.3. The van der Waals surface area contributed by atoms with Crippen LogP contribution in [0.15, 0.2) is 23.1 Å². The molecule has 0 saturated heterocycles. The largest absolute Gasteiger partial charge is 0.341 e. The van der Waals surface area contributed by atoms with Gasteiger partial charge in [0.2, 0.25) is 5.56 Å². The number of H-pyrrole nitrogens is 1. The van der Waals surface area contributed by atoms with Gasteiger partial charge in [0.15, 0.2) is 0 Å². The second kappa shape index (κ2) is 4.51. The highest BCUT2D eigenvalue weighted by molar-refractivity contribution is 5.93. The molecule has 0 aliphatic carbocycles. The van der Waals surface area contributed by atoms with E-state index in [0.29, 0.717) is 12.1 Å². The molecule has 1 amide bonds. The van der Waals surface area contributed by atoms with Crippen LogP contribution in [0.25, 0.3) is 0 Å². The molecule has 88 valence electrons. The molecule has 16 heavy (non-hydrogen) atoms. The fourth-order valence-corrected chi connectivity index (χ4v) is 1.58. The van der Waals surface area contributed by atoms with Crippen molar-refractivity contribution >= 4 is 5.91 Å². The number of carbonyl (C=O) groups is 1. The van der Waals surface area contributed by atoms with Crippen LogP contribution in [0.1, 0.15) is 31.1 Å². The molecule has 1 aromatic heterocycles. The Bertz CT molecular complexity index is 429. The minimum Gasteiger partial charge on any atom is -0.341 e. The second-order valence-corrected chi connectivity index (χ2v) is 5.16. The molecule has 0 unspecified atom stereocenters. The average Bonchev–Trinajstić information content (AvgIpc) is 2.14. The number of pyridine rings is 1. The molecular formula is C12H18N2O2. The third-order valence-electron chi connectivity index (χ3n) is 2.08. The Hall–Kier alpha value is -1.58. The lowest BCUT2D eigenvalue weighted by Crippen LogP contribution is -2.34. The summed E-state index contributed by atoms with van der Waals surface area (Å²) >= 11 is 0. The van der Waals surface area contributed by atoms with Crippen LogP contribution in [0.4, 0.5) is 0 Å². The van der Waals surface area contributed by atoms with Gasteiger partial charge in [-0.25, -0.2) is 0 Å².